The fourth-order valence-corrected chi connectivity index (χ4v) is 4.31. The zero-order valence-electron chi connectivity index (χ0n) is 19.2. The second kappa shape index (κ2) is 11.0. The van der Waals surface area contributed by atoms with Gasteiger partial charge in [-0.1, -0.05) is 0 Å². The molecule has 0 aliphatic rings. The van der Waals surface area contributed by atoms with Crippen molar-refractivity contribution in [1.82, 2.24) is 18.9 Å². The van der Waals surface area contributed by atoms with E-state index in [9.17, 15) is 13.7 Å². The van der Waals surface area contributed by atoms with Crippen molar-refractivity contribution >= 4 is 39.8 Å². The van der Waals surface area contributed by atoms with Gasteiger partial charge >= 0.3 is 0 Å². The SMILES string of the molecule is CN(C)CCN(C)c1ccc(C#N)cc1S(=O)(=O)N(C)N=Cc1cnn2ccc(C#N)cc12.Cl. The van der Waals surface area contributed by atoms with Gasteiger partial charge in [0, 0.05) is 38.9 Å². The molecule has 0 unspecified atom stereocenters. The first kappa shape index (κ1) is 26.6. The van der Waals surface area contributed by atoms with Crippen LogP contribution >= 0.6 is 12.4 Å². The molecule has 2 aromatic heterocycles. The molecule has 0 N–H and O–H groups in total. The molecule has 2 heterocycles. The number of halogens is 1. The number of sulfonamides is 1. The zero-order valence-corrected chi connectivity index (χ0v) is 20.9. The molecule has 0 bridgehead atoms. The average Bonchev–Trinajstić information content (AvgIpc) is 3.22. The van der Waals surface area contributed by atoms with Gasteiger partial charge in [0.25, 0.3) is 10.0 Å². The van der Waals surface area contributed by atoms with Gasteiger partial charge in [-0.2, -0.15) is 33.6 Å². The third kappa shape index (κ3) is 5.64. The number of likely N-dealkylation sites (N-methyl/N-ethyl adjacent to an activating group) is 2. The Morgan fingerprint density at radius 3 is 2.38 bits per heavy atom. The molecule has 34 heavy (non-hydrogen) atoms. The summed E-state index contributed by atoms with van der Waals surface area (Å²) in [5, 5.41) is 26.7. The molecule has 3 rings (SSSR count). The summed E-state index contributed by atoms with van der Waals surface area (Å²) >= 11 is 0. The van der Waals surface area contributed by atoms with E-state index in [1.54, 1.807) is 42.0 Å². The lowest BCUT2D eigenvalue weighted by molar-refractivity contribution is 0.416. The molecule has 12 heteroatoms. The molecule has 0 fully saturated rings. The number of hydrogen-bond acceptors (Lipinski definition) is 8. The quantitative estimate of drug-likeness (QED) is 0.343. The lowest BCUT2D eigenvalue weighted by Crippen LogP contribution is -2.31. The van der Waals surface area contributed by atoms with Crippen molar-refractivity contribution in [3.63, 3.8) is 0 Å². The second-order valence-corrected chi connectivity index (χ2v) is 9.58. The highest BCUT2D eigenvalue weighted by Gasteiger charge is 2.25. The van der Waals surface area contributed by atoms with E-state index >= 15 is 0 Å². The van der Waals surface area contributed by atoms with Crippen LogP contribution in [0.1, 0.15) is 16.7 Å². The van der Waals surface area contributed by atoms with Gasteiger partial charge in [0.2, 0.25) is 0 Å². The predicted molar refractivity (Wildman–Crippen MR) is 133 cm³/mol. The lowest BCUT2D eigenvalue weighted by Gasteiger charge is -2.25. The van der Waals surface area contributed by atoms with Gasteiger partial charge in [0.15, 0.2) is 0 Å². The van der Waals surface area contributed by atoms with Crippen molar-refractivity contribution in [3.8, 4) is 12.1 Å². The lowest BCUT2D eigenvalue weighted by atomic mass is 10.2. The smallest absolute Gasteiger partial charge is 0.280 e. The molecular formula is C22H25ClN8O2S. The van der Waals surface area contributed by atoms with E-state index in [-0.39, 0.29) is 22.9 Å². The number of fused-ring (bicyclic) bond motifs is 1. The molecule has 0 saturated carbocycles. The van der Waals surface area contributed by atoms with E-state index in [0.717, 1.165) is 11.0 Å². The summed E-state index contributed by atoms with van der Waals surface area (Å²) in [4.78, 5) is 3.83. The van der Waals surface area contributed by atoms with Crippen LogP contribution in [0.2, 0.25) is 0 Å². The van der Waals surface area contributed by atoms with Crippen molar-refractivity contribution in [2.24, 2.45) is 5.10 Å². The third-order valence-corrected chi connectivity index (χ3v) is 6.72. The maximum absolute atomic E-state index is 13.4. The topological polar surface area (TPSA) is 121 Å². The van der Waals surface area contributed by atoms with Crippen LogP contribution in [0.25, 0.3) is 5.52 Å². The standard InChI is InChI=1S/C22H24N8O2S.ClH/c1-27(2)9-10-28(3)20-6-5-17(13-23)12-22(20)33(31,32)29(4)25-15-19-16-26-30-8-7-18(14-24)11-21(19)30;/h5-8,11-12,15-16H,9-10H2,1-4H3;1H. The fraction of sp³-hybridized carbons (Fsp3) is 0.273. The molecule has 0 aliphatic heterocycles. The summed E-state index contributed by atoms with van der Waals surface area (Å²) in [5.41, 5.74) is 2.36. The number of hydrogen-bond donors (Lipinski definition) is 0. The summed E-state index contributed by atoms with van der Waals surface area (Å²) < 4.78 is 29.2. The molecular weight excluding hydrogens is 476 g/mol. The van der Waals surface area contributed by atoms with Crippen LogP contribution in [0.4, 0.5) is 5.69 Å². The molecule has 0 saturated heterocycles. The maximum Gasteiger partial charge on any atom is 0.280 e. The number of aromatic nitrogens is 2. The first-order valence-corrected chi connectivity index (χ1v) is 11.4. The molecule has 178 valence electrons. The van der Waals surface area contributed by atoms with Crippen LogP contribution in [-0.4, -0.2) is 74.8 Å². The van der Waals surface area contributed by atoms with Crippen LogP contribution in [0.3, 0.4) is 0 Å². The van der Waals surface area contributed by atoms with E-state index in [2.05, 4.69) is 16.3 Å². The van der Waals surface area contributed by atoms with Crippen molar-refractivity contribution in [3.05, 3.63) is 59.4 Å². The highest BCUT2D eigenvalue weighted by molar-refractivity contribution is 7.89. The van der Waals surface area contributed by atoms with Crippen molar-refractivity contribution in [2.45, 2.75) is 4.90 Å². The highest BCUT2D eigenvalue weighted by atomic mass is 35.5. The molecule has 0 spiro atoms. The monoisotopic (exact) mass is 500 g/mol. The Balaban J connectivity index is 0.00000408. The van der Waals surface area contributed by atoms with Gasteiger partial charge < -0.3 is 9.80 Å². The summed E-state index contributed by atoms with van der Waals surface area (Å²) in [5.74, 6) is 0. The minimum Gasteiger partial charge on any atom is -0.372 e. The minimum atomic E-state index is -4.06. The second-order valence-electron chi connectivity index (χ2n) is 7.66. The van der Waals surface area contributed by atoms with Crippen LogP contribution in [0.15, 0.2) is 52.7 Å². The van der Waals surface area contributed by atoms with Crippen LogP contribution < -0.4 is 4.90 Å². The van der Waals surface area contributed by atoms with Gasteiger partial charge in [-0.05, 0) is 44.4 Å². The number of rotatable bonds is 8. The summed E-state index contributed by atoms with van der Waals surface area (Å²) in [6.45, 7) is 1.32. The fourth-order valence-electron chi connectivity index (χ4n) is 3.09. The summed E-state index contributed by atoms with van der Waals surface area (Å²) in [7, 11) is 2.96. The number of anilines is 1. The molecule has 0 amide bonds. The van der Waals surface area contributed by atoms with Crippen molar-refractivity contribution < 1.29 is 8.42 Å². The Morgan fingerprint density at radius 2 is 1.74 bits per heavy atom. The first-order valence-electron chi connectivity index (χ1n) is 9.98. The number of hydrazone groups is 1. The summed E-state index contributed by atoms with van der Waals surface area (Å²) in [6, 6.07) is 11.9. The van der Waals surface area contributed by atoms with E-state index in [4.69, 9.17) is 5.26 Å². The Kier molecular flexibility index (Phi) is 8.60. The highest BCUT2D eigenvalue weighted by Crippen LogP contribution is 2.28. The molecule has 0 atom stereocenters. The maximum atomic E-state index is 13.4. The number of pyridine rings is 1. The van der Waals surface area contributed by atoms with Gasteiger partial charge in [-0.3, -0.25) is 0 Å². The van der Waals surface area contributed by atoms with Gasteiger partial charge in [-0.25, -0.2) is 4.52 Å². The van der Waals surface area contributed by atoms with Crippen LogP contribution in [-0.2, 0) is 10.0 Å². The Hall–Kier alpha value is -3.64. The molecule has 0 radical (unpaired) electrons. The first-order chi connectivity index (χ1) is 15.7. The average molecular weight is 501 g/mol. The predicted octanol–water partition coefficient (Wildman–Crippen LogP) is 2.15. The van der Waals surface area contributed by atoms with Crippen molar-refractivity contribution in [1.29, 1.82) is 10.5 Å². The largest absolute Gasteiger partial charge is 0.372 e. The van der Waals surface area contributed by atoms with Crippen LogP contribution in [0, 0.1) is 22.7 Å². The minimum absolute atomic E-state index is 0. The van der Waals surface area contributed by atoms with E-state index in [0.29, 0.717) is 28.9 Å². The van der Waals surface area contributed by atoms with E-state index in [1.807, 2.05) is 30.0 Å². The number of nitriles is 2. The van der Waals surface area contributed by atoms with E-state index < -0.39 is 10.0 Å². The van der Waals surface area contributed by atoms with E-state index in [1.165, 1.54) is 25.5 Å². The molecule has 1 aromatic carbocycles. The van der Waals surface area contributed by atoms with Crippen molar-refractivity contribution in [2.75, 3.05) is 46.2 Å². The molecule has 3 aromatic rings. The Bertz CT molecular complexity index is 1390. The third-order valence-electron chi connectivity index (χ3n) is 5.05. The Morgan fingerprint density at radius 1 is 1.06 bits per heavy atom. The Labute approximate surface area is 205 Å². The number of benzene rings is 1. The normalized spacial score (nSPS) is 11.3. The van der Waals surface area contributed by atoms with Gasteiger partial charge in [-0.15, -0.1) is 12.4 Å². The molecule has 0 aliphatic carbocycles. The zero-order chi connectivity index (χ0) is 24.2. The molecule has 10 nitrogen and oxygen atoms in total. The number of nitrogens with zero attached hydrogens (tertiary/aromatic N) is 8. The van der Waals surface area contributed by atoms with Gasteiger partial charge in [0.05, 0.1) is 46.9 Å². The summed E-state index contributed by atoms with van der Waals surface area (Å²) in [6.07, 6.45) is 4.57. The van der Waals surface area contributed by atoms with Crippen LogP contribution in [0.5, 0.6) is 0 Å². The van der Waals surface area contributed by atoms with Gasteiger partial charge in [0.1, 0.15) is 4.90 Å².